The van der Waals surface area contributed by atoms with Crippen molar-refractivity contribution in [2.75, 3.05) is 31.6 Å². The molecule has 0 N–H and O–H groups in total. The summed E-state index contributed by atoms with van der Waals surface area (Å²) in [5.74, 6) is 1.71. The summed E-state index contributed by atoms with van der Waals surface area (Å²) in [5, 5.41) is 0.893. The van der Waals surface area contributed by atoms with E-state index in [9.17, 15) is 0 Å². The summed E-state index contributed by atoms with van der Waals surface area (Å²) >= 11 is 6.59. The molecule has 1 saturated heterocycles. The third-order valence-corrected chi connectivity index (χ3v) is 5.60. The summed E-state index contributed by atoms with van der Waals surface area (Å²) in [6.45, 7) is 10.8. The Morgan fingerprint density at radius 2 is 2.00 bits per heavy atom. The lowest BCUT2D eigenvalue weighted by Gasteiger charge is -2.34. The van der Waals surface area contributed by atoms with E-state index in [-0.39, 0.29) is 0 Å². The molecule has 0 aliphatic carbocycles. The second-order valence-electron chi connectivity index (χ2n) is 6.33. The summed E-state index contributed by atoms with van der Waals surface area (Å²) in [5.41, 5.74) is 0.382. The molecule has 2 unspecified atom stereocenters. The fourth-order valence-electron chi connectivity index (χ4n) is 2.46. The van der Waals surface area contributed by atoms with Crippen LogP contribution in [0.5, 0.6) is 0 Å². The summed E-state index contributed by atoms with van der Waals surface area (Å²) in [6.07, 6.45) is 6.39. The SMILES string of the molecule is CSC1CCCN(CC(CS)C(C)(C)C)CC1. The van der Waals surface area contributed by atoms with Crippen LogP contribution in [0.1, 0.15) is 40.0 Å². The molecule has 1 aliphatic heterocycles. The van der Waals surface area contributed by atoms with Gasteiger partial charge in [0, 0.05) is 11.8 Å². The number of thioether (sulfide) groups is 1. The van der Waals surface area contributed by atoms with E-state index in [1.165, 1.54) is 38.9 Å². The lowest BCUT2D eigenvalue weighted by atomic mass is 9.81. The van der Waals surface area contributed by atoms with Crippen molar-refractivity contribution in [2.45, 2.75) is 45.3 Å². The molecule has 102 valence electrons. The molecular formula is C14H29NS2. The highest BCUT2D eigenvalue weighted by Crippen LogP contribution is 2.29. The molecule has 17 heavy (non-hydrogen) atoms. The smallest absolute Gasteiger partial charge is 0.00569 e. The first-order chi connectivity index (χ1) is 7.97. The average Bonchev–Trinajstić information content (AvgIpc) is 2.49. The highest BCUT2D eigenvalue weighted by Gasteiger charge is 2.26. The highest BCUT2D eigenvalue weighted by molar-refractivity contribution is 7.99. The molecule has 1 aliphatic rings. The second-order valence-corrected chi connectivity index (χ2v) is 7.84. The first-order valence-electron chi connectivity index (χ1n) is 6.83. The minimum absolute atomic E-state index is 0.382. The minimum atomic E-state index is 0.382. The molecule has 0 saturated carbocycles. The summed E-state index contributed by atoms with van der Waals surface area (Å²) in [7, 11) is 0. The molecule has 1 fully saturated rings. The van der Waals surface area contributed by atoms with E-state index in [1.54, 1.807) is 0 Å². The summed E-state index contributed by atoms with van der Waals surface area (Å²) in [4.78, 5) is 2.67. The molecule has 3 heteroatoms. The maximum absolute atomic E-state index is 4.54. The standard InChI is InChI=1S/C14H29NS2/c1-14(2,3)12(11-16)10-15-8-5-6-13(17-4)7-9-15/h12-13,16H,5-11H2,1-4H3. The Morgan fingerprint density at radius 3 is 2.53 bits per heavy atom. The second kappa shape index (κ2) is 7.30. The van der Waals surface area contributed by atoms with Gasteiger partial charge in [-0.25, -0.2) is 0 Å². The fourth-order valence-corrected chi connectivity index (χ4v) is 3.87. The number of nitrogens with zero attached hydrogens (tertiary/aromatic N) is 1. The van der Waals surface area contributed by atoms with Crippen LogP contribution >= 0.6 is 24.4 Å². The lowest BCUT2D eigenvalue weighted by Crippen LogP contribution is -2.37. The van der Waals surface area contributed by atoms with Crippen molar-refractivity contribution in [3.63, 3.8) is 0 Å². The van der Waals surface area contributed by atoms with Crippen LogP contribution in [0.15, 0.2) is 0 Å². The maximum atomic E-state index is 4.54. The van der Waals surface area contributed by atoms with Gasteiger partial charge in [0.05, 0.1) is 0 Å². The van der Waals surface area contributed by atoms with Gasteiger partial charge >= 0.3 is 0 Å². The molecule has 0 aromatic rings. The number of likely N-dealkylation sites (tertiary alicyclic amines) is 1. The molecule has 1 rings (SSSR count). The van der Waals surface area contributed by atoms with E-state index in [2.05, 4.69) is 44.6 Å². The predicted octanol–water partition coefficient (Wildman–Crippen LogP) is 3.80. The fraction of sp³-hybridized carbons (Fsp3) is 1.00. The Kier molecular flexibility index (Phi) is 6.75. The van der Waals surface area contributed by atoms with Crippen LogP contribution in [-0.2, 0) is 0 Å². The van der Waals surface area contributed by atoms with Crippen LogP contribution in [0.25, 0.3) is 0 Å². The molecule has 0 spiro atoms. The van der Waals surface area contributed by atoms with Crippen LogP contribution in [0.2, 0.25) is 0 Å². The molecule has 1 nitrogen and oxygen atoms in total. The van der Waals surface area contributed by atoms with Crippen molar-refractivity contribution in [3.8, 4) is 0 Å². The van der Waals surface area contributed by atoms with Gasteiger partial charge < -0.3 is 4.90 Å². The molecule has 0 amide bonds. The van der Waals surface area contributed by atoms with E-state index >= 15 is 0 Å². The minimum Gasteiger partial charge on any atom is -0.303 e. The van der Waals surface area contributed by atoms with Crippen molar-refractivity contribution in [1.29, 1.82) is 0 Å². The van der Waals surface area contributed by atoms with Gasteiger partial charge in [-0.2, -0.15) is 24.4 Å². The third kappa shape index (κ3) is 5.44. The van der Waals surface area contributed by atoms with Gasteiger partial charge in [0.1, 0.15) is 0 Å². The van der Waals surface area contributed by atoms with Crippen molar-refractivity contribution < 1.29 is 0 Å². The Balaban J connectivity index is 2.45. The first-order valence-corrected chi connectivity index (χ1v) is 8.75. The molecule has 0 aromatic heterocycles. The molecular weight excluding hydrogens is 246 g/mol. The van der Waals surface area contributed by atoms with Gasteiger partial charge in [0.25, 0.3) is 0 Å². The zero-order chi connectivity index (χ0) is 12.9. The molecule has 0 radical (unpaired) electrons. The Morgan fingerprint density at radius 1 is 1.29 bits per heavy atom. The number of hydrogen-bond acceptors (Lipinski definition) is 3. The van der Waals surface area contributed by atoms with Crippen LogP contribution < -0.4 is 0 Å². The Labute approximate surface area is 118 Å². The summed E-state index contributed by atoms with van der Waals surface area (Å²) < 4.78 is 0. The lowest BCUT2D eigenvalue weighted by molar-refractivity contribution is 0.168. The molecule has 1 heterocycles. The van der Waals surface area contributed by atoms with E-state index < -0.39 is 0 Å². The predicted molar refractivity (Wildman–Crippen MR) is 84.4 cm³/mol. The Hall–Kier alpha value is 0.660. The average molecular weight is 276 g/mol. The van der Waals surface area contributed by atoms with E-state index in [4.69, 9.17) is 0 Å². The maximum Gasteiger partial charge on any atom is 0.00569 e. The van der Waals surface area contributed by atoms with Crippen molar-refractivity contribution in [2.24, 2.45) is 11.3 Å². The normalized spacial score (nSPS) is 25.6. The monoisotopic (exact) mass is 275 g/mol. The van der Waals surface area contributed by atoms with Gasteiger partial charge in [0.15, 0.2) is 0 Å². The largest absolute Gasteiger partial charge is 0.303 e. The quantitative estimate of drug-likeness (QED) is 0.778. The topological polar surface area (TPSA) is 3.24 Å². The number of thiol groups is 1. The Bertz CT molecular complexity index is 213. The zero-order valence-corrected chi connectivity index (χ0v) is 13.6. The summed E-state index contributed by atoms with van der Waals surface area (Å²) in [6, 6.07) is 0. The van der Waals surface area contributed by atoms with E-state index in [1.807, 2.05) is 11.8 Å². The van der Waals surface area contributed by atoms with Crippen molar-refractivity contribution >= 4 is 24.4 Å². The van der Waals surface area contributed by atoms with E-state index in [0.29, 0.717) is 11.3 Å². The van der Waals surface area contributed by atoms with Gasteiger partial charge in [-0.15, -0.1) is 0 Å². The number of hydrogen-bond donors (Lipinski definition) is 1. The third-order valence-electron chi connectivity index (χ3n) is 4.02. The van der Waals surface area contributed by atoms with Gasteiger partial charge in [-0.05, 0) is 55.7 Å². The van der Waals surface area contributed by atoms with Crippen molar-refractivity contribution in [3.05, 3.63) is 0 Å². The van der Waals surface area contributed by atoms with E-state index in [0.717, 1.165) is 11.0 Å². The first kappa shape index (κ1) is 15.7. The van der Waals surface area contributed by atoms with Crippen molar-refractivity contribution in [1.82, 2.24) is 4.90 Å². The van der Waals surface area contributed by atoms with Crippen LogP contribution in [0, 0.1) is 11.3 Å². The zero-order valence-electron chi connectivity index (χ0n) is 11.9. The van der Waals surface area contributed by atoms with Gasteiger partial charge in [-0.1, -0.05) is 20.8 Å². The van der Waals surface area contributed by atoms with Gasteiger partial charge in [0.2, 0.25) is 0 Å². The highest BCUT2D eigenvalue weighted by atomic mass is 32.2. The van der Waals surface area contributed by atoms with Crippen LogP contribution in [0.4, 0.5) is 0 Å². The molecule has 0 bridgehead atoms. The van der Waals surface area contributed by atoms with Crippen LogP contribution in [0.3, 0.4) is 0 Å². The van der Waals surface area contributed by atoms with Crippen LogP contribution in [-0.4, -0.2) is 41.8 Å². The molecule has 0 aromatic carbocycles. The van der Waals surface area contributed by atoms with Gasteiger partial charge in [-0.3, -0.25) is 0 Å². The molecule has 2 atom stereocenters. The number of rotatable bonds is 4.